The van der Waals surface area contributed by atoms with E-state index in [-0.39, 0.29) is 6.09 Å². The van der Waals surface area contributed by atoms with Crippen LogP contribution in [0.3, 0.4) is 0 Å². The molecule has 0 bridgehead atoms. The van der Waals surface area contributed by atoms with Gasteiger partial charge in [-0.15, -0.1) is 0 Å². The first-order valence-corrected chi connectivity index (χ1v) is 7.87. The summed E-state index contributed by atoms with van der Waals surface area (Å²) in [4.78, 5) is 21.9. The van der Waals surface area contributed by atoms with Crippen molar-refractivity contribution < 1.29 is 9.53 Å². The summed E-state index contributed by atoms with van der Waals surface area (Å²) in [5.74, 6) is 0.419. The number of hydrogen-bond acceptors (Lipinski definition) is 5. The zero-order chi connectivity index (χ0) is 16.2. The van der Waals surface area contributed by atoms with Gasteiger partial charge in [0.05, 0.1) is 5.69 Å². The Hall–Kier alpha value is -1.40. The average molecular weight is 327 g/mol. The Balaban J connectivity index is 1.73. The molecule has 1 aliphatic heterocycles. The summed E-state index contributed by atoms with van der Waals surface area (Å²) in [6.45, 7) is 8.49. The van der Waals surface area contributed by atoms with Gasteiger partial charge >= 0.3 is 6.09 Å². The average Bonchev–Trinajstić information content (AvgIpc) is 2.88. The third kappa shape index (κ3) is 5.10. The van der Waals surface area contributed by atoms with Crippen LogP contribution in [-0.4, -0.2) is 46.2 Å². The number of amides is 1. The van der Waals surface area contributed by atoms with Crippen molar-refractivity contribution in [3.05, 3.63) is 23.2 Å². The molecular weight excluding hydrogens is 304 g/mol. The monoisotopic (exact) mass is 326 g/mol. The van der Waals surface area contributed by atoms with Gasteiger partial charge in [-0.25, -0.2) is 9.78 Å². The summed E-state index contributed by atoms with van der Waals surface area (Å²) in [6, 6.07) is 0. The number of hydrogen-bond donors (Lipinski definition) is 1. The van der Waals surface area contributed by atoms with Crippen molar-refractivity contribution in [1.29, 1.82) is 0 Å². The highest BCUT2D eigenvalue weighted by Crippen LogP contribution is 2.19. The van der Waals surface area contributed by atoms with Crippen molar-refractivity contribution in [2.24, 2.45) is 5.92 Å². The fraction of sp³-hybridized carbons (Fsp3) is 0.667. The summed E-state index contributed by atoms with van der Waals surface area (Å²) in [7, 11) is 0. The molecule has 0 aromatic carbocycles. The highest BCUT2D eigenvalue weighted by atomic mass is 35.5. The molecule has 0 unspecified atom stereocenters. The van der Waals surface area contributed by atoms with Crippen LogP contribution >= 0.6 is 11.6 Å². The zero-order valence-electron chi connectivity index (χ0n) is 13.3. The topological polar surface area (TPSA) is 67.3 Å². The van der Waals surface area contributed by atoms with Crippen LogP contribution < -0.4 is 5.32 Å². The van der Waals surface area contributed by atoms with E-state index >= 15 is 0 Å². The normalized spacial score (nSPS) is 18.5. The van der Waals surface area contributed by atoms with Crippen molar-refractivity contribution >= 4 is 17.7 Å². The van der Waals surface area contributed by atoms with E-state index in [1.54, 1.807) is 17.3 Å². The fourth-order valence-electron chi connectivity index (χ4n) is 2.35. The van der Waals surface area contributed by atoms with Gasteiger partial charge < -0.3 is 15.0 Å². The maximum absolute atomic E-state index is 12.0. The van der Waals surface area contributed by atoms with Crippen molar-refractivity contribution in [3.8, 4) is 0 Å². The highest BCUT2D eigenvalue weighted by Gasteiger charge is 2.29. The van der Waals surface area contributed by atoms with Gasteiger partial charge in [-0.3, -0.25) is 4.98 Å². The van der Waals surface area contributed by atoms with E-state index in [9.17, 15) is 4.79 Å². The Morgan fingerprint density at radius 2 is 2.18 bits per heavy atom. The maximum atomic E-state index is 12.0. The Bertz CT molecular complexity index is 519. The van der Waals surface area contributed by atoms with Crippen LogP contribution in [0.4, 0.5) is 4.79 Å². The second kappa shape index (κ2) is 7.24. The molecule has 22 heavy (non-hydrogen) atoms. The molecule has 1 aromatic rings. The molecule has 122 valence electrons. The summed E-state index contributed by atoms with van der Waals surface area (Å²) < 4.78 is 5.39. The third-order valence-electron chi connectivity index (χ3n) is 3.39. The number of aromatic nitrogens is 2. The number of halogens is 1. The van der Waals surface area contributed by atoms with Crippen LogP contribution in [0.5, 0.6) is 0 Å². The third-order valence-corrected chi connectivity index (χ3v) is 3.70. The lowest BCUT2D eigenvalue weighted by atomic mass is 10.1. The van der Waals surface area contributed by atoms with E-state index in [1.165, 1.54) is 0 Å². The van der Waals surface area contributed by atoms with Gasteiger partial charge in [0.2, 0.25) is 0 Å². The molecular formula is C15H23ClN4O2. The van der Waals surface area contributed by atoms with Crippen LogP contribution in [0.2, 0.25) is 5.15 Å². The van der Waals surface area contributed by atoms with E-state index in [0.29, 0.717) is 17.6 Å². The fourth-order valence-corrected chi connectivity index (χ4v) is 2.53. The van der Waals surface area contributed by atoms with E-state index in [0.717, 1.165) is 31.7 Å². The van der Waals surface area contributed by atoms with Crippen molar-refractivity contribution in [2.45, 2.75) is 39.3 Å². The molecule has 0 saturated carbocycles. The minimum atomic E-state index is -0.448. The molecule has 2 rings (SSSR count). The van der Waals surface area contributed by atoms with E-state index < -0.39 is 5.60 Å². The largest absolute Gasteiger partial charge is 0.444 e. The molecule has 1 amide bonds. The Morgan fingerprint density at radius 3 is 2.86 bits per heavy atom. The number of nitrogens with one attached hydrogen (secondary N) is 1. The predicted octanol–water partition coefficient (Wildman–Crippen LogP) is 2.48. The first-order valence-electron chi connectivity index (χ1n) is 7.49. The van der Waals surface area contributed by atoms with Crippen molar-refractivity contribution in [1.82, 2.24) is 20.2 Å². The summed E-state index contributed by atoms with van der Waals surface area (Å²) in [5, 5.41) is 3.75. The van der Waals surface area contributed by atoms with Crippen molar-refractivity contribution in [3.63, 3.8) is 0 Å². The van der Waals surface area contributed by atoms with Crippen LogP contribution in [0, 0.1) is 5.92 Å². The van der Waals surface area contributed by atoms with Gasteiger partial charge in [-0.2, -0.15) is 0 Å². The van der Waals surface area contributed by atoms with Gasteiger partial charge in [-0.05, 0) is 33.1 Å². The molecule has 1 fully saturated rings. The standard InChI is InChI=1S/C15H23ClN4O2/c1-15(2,3)22-14(21)20-7-4-11(10-20)8-17-9-12-13(16)19-6-5-18-12/h5-6,11,17H,4,7-10H2,1-3H3/t11-/m1/s1. The number of ether oxygens (including phenoxy) is 1. The number of rotatable bonds is 4. The van der Waals surface area contributed by atoms with Gasteiger partial charge in [0, 0.05) is 38.6 Å². The second-order valence-electron chi connectivity index (χ2n) is 6.51. The lowest BCUT2D eigenvalue weighted by molar-refractivity contribution is 0.0288. The molecule has 0 radical (unpaired) electrons. The maximum Gasteiger partial charge on any atom is 0.410 e. The molecule has 1 N–H and O–H groups in total. The minimum absolute atomic E-state index is 0.230. The van der Waals surface area contributed by atoms with Gasteiger partial charge in [0.25, 0.3) is 0 Å². The first kappa shape index (κ1) is 17.0. The lowest BCUT2D eigenvalue weighted by Crippen LogP contribution is -2.36. The molecule has 7 heteroatoms. The van der Waals surface area contributed by atoms with E-state index in [2.05, 4.69) is 15.3 Å². The van der Waals surface area contributed by atoms with E-state index in [1.807, 2.05) is 20.8 Å². The number of nitrogens with zero attached hydrogens (tertiary/aromatic N) is 3. The summed E-state index contributed by atoms with van der Waals surface area (Å²) in [5.41, 5.74) is 0.294. The molecule has 1 aliphatic rings. The highest BCUT2D eigenvalue weighted by molar-refractivity contribution is 6.29. The van der Waals surface area contributed by atoms with Crippen LogP contribution in [0.1, 0.15) is 32.9 Å². The van der Waals surface area contributed by atoms with Gasteiger partial charge in [-0.1, -0.05) is 11.6 Å². The first-order chi connectivity index (χ1) is 10.3. The summed E-state index contributed by atoms with van der Waals surface area (Å²) >= 11 is 5.96. The number of carbonyl (C=O) groups is 1. The quantitative estimate of drug-likeness (QED) is 0.920. The summed E-state index contributed by atoms with van der Waals surface area (Å²) in [6.07, 6.45) is 3.94. The Kier molecular flexibility index (Phi) is 5.58. The molecule has 1 aromatic heterocycles. The molecule has 6 nitrogen and oxygen atoms in total. The van der Waals surface area contributed by atoms with Gasteiger partial charge in [0.15, 0.2) is 5.15 Å². The molecule has 0 spiro atoms. The zero-order valence-corrected chi connectivity index (χ0v) is 14.1. The van der Waals surface area contributed by atoms with Crippen LogP contribution in [0.15, 0.2) is 12.4 Å². The Morgan fingerprint density at radius 1 is 1.45 bits per heavy atom. The Labute approximate surface area is 136 Å². The molecule has 1 saturated heterocycles. The number of likely N-dealkylation sites (tertiary alicyclic amines) is 1. The second-order valence-corrected chi connectivity index (χ2v) is 6.86. The molecule has 1 atom stereocenters. The number of carbonyl (C=O) groups excluding carboxylic acids is 1. The minimum Gasteiger partial charge on any atom is -0.444 e. The van der Waals surface area contributed by atoms with Crippen LogP contribution in [0.25, 0.3) is 0 Å². The smallest absolute Gasteiger partial charge is 0.410 e. The van der Waals surface area contributed by atoms with Crippen molar-refractivity contribution in [2.75, 3.05) is 19.6 Å². The SMILES string of the molecule is CC(C)(C)OC(=O)N1CC[C@H](CNCc2nccnc2Cl)C1. The van der Waals surface area contributed by atoms with E-state index in [4.69, 9.17) is 16.3 Å². The molecule has 0 aliphatic carbocycles. The van der Waals surface area contributed by atoms with Gasteiger partial charge in [0.1, 0.15) is 5.60 Å². The lowest BCUT2D eigenvalue weighted by Gasteiger charge is -2.24. The molecule has 2 heterocycles. The predicted molar refractivity (Wildman–Crippen MR) is 84.7 cm³/mol. The van der Waals surface area contributed by atoms with Crippen LogP contribution in [-0.2, 0) is 11.3 Å².